The number of hydrogen-bond acceptors (Lipinski definition) is 2. The van der Waals surface area contributed by atoms with Crippen LogP contribution in [0.25, 0.3) is 11.3 Å². The van der Waals surface area contributed by atoms with Gasteiger partial charge in [0.05, 0.1) is 17.8 Å². The van der Waals surface area contributed by atoms with Gasteiger partial charge in [0, 0.05) is 11.4 Å². The standard InChI is InChI=1S/C15H16N4O/c1-10-8-13(17-16-10)14-11(2)18-19(15(14)20)9-12-6-4-3-5-7-12/h3-8,18H,9H2,1-2H3,(H,16,17). The molecular formula is C15H16N4O. The van der Waals surface area contributed by atoms with E-state index >= 15 is 0 Å². The van der Waals surface area contributed by atoms with Crippen LogP contribution in [0.3, 0.4) is 0 Å². The van der Waals surface area contributed by atoms with E-state index in [4.69, 9.17) is 0 Å². The lowest BCUT2D eigenvalue weighted by molar-refractivity contribution is 0.658. The van der Waals surface area contributed by atoms with E-state index in [1.807, 2.05) is 50.2 Å². The number of H-pyrrole nitrogens is 2. The molecule has 1 aromatic carbocycles. The van der Waals surface area contributed by atoms with Gasteiger partial charge in [0.2, 0.25) is 0 Å². The molecule has 102 valence electrons. The van der Waals surface area contributed by atoms with Crippen LogP contribution in [-0.4, -0.2) is 20.0 Å². The fourth-order valence-electron chi connectivity index (χ4n) is 2.33. The number of nitrogens with zero attached hydrogens (tertiary/aromatic N) is 2. The fraction of sp³-hybridized carbons (Fsp3) is 0.200. The fourth-order valence-corrected chi connectivity index (χ4v) is 2.33. The van der Waals surface area contributed by atoms with E-state index in [9.17, 15) is 4.79 Å². The van der Waals surface area contributed by atoms with E-state index in [1.165, 1.54) is 0 Å². The molecule has 0 fully saturated rings. The first kappa shape index (κ1) is 12.5. The first-order valence-corrected chi connectivity index (χ1v) is 6.51. The van der Waals surface area contributed by atoms with Crippen molar-refractivity contribution in [2.45, 2.75) is 20.4 Å². The molecule has 0 spiro atoms. The molecule has 2 aromatic heterocycles. The quantitative estimate of drug-likeness (QED) is 0.765. The van der Waals surface area contributed by atoms with Gasteiger partial charge in [-0.05, 0) is 25.5 Å². The second kappa shape index (κ2) is 4.85. The second-order valence-corrected chi connectivity index (χ2v) is 4.92. The Morgan fingerprint density at radius 3 is 2.60 bits per heavy atom. The number of aryl methyl sites for hydroxylation is 2. The summed E-state index contributed by atoms with van der Waals surface area (Å²) in [5, 5.41) is 10.2. The van der Waals surface area contributed by atoms with Gasteiger partial charge in [-0.15, -0.1) is 0 Å². The van der Waals surface area contributed by atoms with E-state index < -0.39 is 0 Å². The van der Waals surface area contributed by atoms with Crippen LogP contribution in [0.4, 0.5) is 0 Å². The maximum atomic E-state index is 12.5. The van der Waals surface area contributed by atoms with Gasteiger partial charge in [-0.1, -0.05) is 30.3 Å². The van der Waals surface area contributed by atoms with Gasteiger partial charge in [0.15, 0.2) is 0 Å². The third kappa shape index (κ3) is 2.18. The zero-order valence-electron chi connectivity index (χ0n) is 11.5. The summed E-state index contributed by atoms with van der Waals surface area (Å²) in [6.07, 6.45) is 0. The van der Waals surface area contributed by atoms with Gasteiger partial charge < -0.3 is 0 Å². The van der Waals surface area contributed by atoms with E-state index in [0.717, 1.165) is 17.0 Å². The lowest BCUT2D eigenvalue weighted by atomic mass is 10.2. The zero-order valence-corrected chi connectivity index (χ0v) is 11.5. The van der Waals surface area contributed by atoms with Crippen molar-refractivity contribution in [3.05, 3.63) is 63.7 Å². The zero-order chi connectivity index (χ0) is 14.1. The van der Waals surface area contributed by atoms with Gasteiger partial charge in [-0.25, -0.2) is 4.68 Å². The monoisotopic (exact) mass is 268 g/mol. The normalized spacial score (nSPS) is 10.9. The van der Waals surface area contributed by atoms with E-state index in [0.29, 0.717) is 17.8 Å². The average molecular weight is 268 g/mol. The van der Waals surface area contributed by atoms with Crippen molar-refractivity contribution < 1.29 is 0 Å². The predicted octanol–water partition coefficient (Wildman–Crippen LogP) is 2.23. The van der Waals surface area contributed by atoms with E-state index in [-0.39, 0.29) is 5.56 Å². The molecule has 5 heteroatoms. The van der Waals surface area contributed by atoms with Crippen LogP contribution in [0.5, 0.6) is 0 Å². The second-order valence-electron chi connectivity index (χ2n) is 4.92. The Balaban J connectivity index is 2.01. The molecule has 0 radical (unpaired) electrons. The number of hydrogen-bond donors (Lipinski definition) is 2. The van der Waals surface area contributed by atoms with Crippen LogP contribution in [0.2, 0.25) is 0 Å². The van der Waals surface area contributed by atoms with Crippen molar-refractivity contribution >= 4 is 0 Å². The first-order chi connectivity index (χ1) is 9.65. The molecule has 0 aliphatic heterocycles. The van der Waals surface area contributed by atoms with Crippen molar-refractivity contribution in [3.63, 3.8) is 0 Å². The molecule has 0 unspecified atom stereocenters. The highest BCUT2D eigenvalue weighted by atomic mass is 16.1. The Hall–Kier alpha value is -2.56. The summed E-state index contributed by atoms with van der Waals surface area (Å²) in [7, 11) is 0. The summed E-state index contributed by atoms with van der Waals surface area (Å²) in [6.45, 7) is 4.34. The molecule has 20 heavy (non-hydrogen) atoms. The molecule has 0 aliphatic carbocycles. The molecule has 5 nitrogen and oxygen atoms in total. The molecule has 0 bridgehead atoms. The summed E-state index contributed by atoms with van der Waals surface area (Å²) in [5.41, 5.74) is 4.13. The highest BCUT2D eigenvalue weighted by Crippen LogP contribution is 2.17. The molecule has 0 atom stereocenters. The van der Waals surface area contributed by atoms with Crippen molar-refractivity contribution in [3.8, 4) is 11.3 Å². The lowest BCUT2D eigenvalue weighted by Gasteiger charge is -2.01. The van der Waals surface area contributed by atoms with Crippen LogP contribution in [0, 0.1) is 13.8 Å². The van der Waals surface area contributed by atoms with Crippen molar-refractivity contribution in [2.75, 3.05) is 0 Å². The Morgan fingerprint density at radius 2 is 1.95 bits per heavy atom. The smallest absolute Gasteiger partial charge is 0.276 e. The topological polar surface area (TPSA) is 66.5 Å². The Morgan fingerprint density at radius 1 is 1.20 bits per heavy atom. The van der Waals surface area contributed by atoms with Crippen LogP contribution in [0.1, 0.15) is 17.0 Å². The minimum atomic E-state index is -0.0437. The molecule has 2 heterocycles. The van der Waals surface area contributed by atoms with Crippen molar-refractivity contribution in [1.82, 2.24) is 20.0 Å². The Bertz CT molecular complexity index is 780. The lowest BCUT2D eigenvalue weighted by Crippen LogP contribution is -2.18. The molecule has 3 aromatic rings. The minimum absolute atomic E-state index is 0.0437. The van der Waals surface area contributed by atoms with Crippen LogP contribution < -0.4 is 5.56 Å². The molecule has 3 rings (SSSR count). The highest BCUT2D eigenvalue weighted by molar-refractivity contribution is 5.60. The number of benzene rings is 1. The molecule has 0 amide bonds. The van der Waals surface area contributed by atoms with Crippen molar-refractivity contribution in [1.29, 1.82) is 0 Å². The largest absolute Gasteiger partial charge is 0.299 e. The number of nitrogens with one attached hydrogen (secondary N) is 2. The SMILES string of the molecule is Cc1cc(-c2c(C)[nH]n(Cc3ccccc3)c2=O)n[nH]1. The third-order valence-electron chi connectivity index (χ3n) is 3.28. The van der Waals surface area contributed by atoms with Crippen LogP contribution >= 0.6 is 0 Å². The van der Waals surface area contributed by atoms with Gasteiger partial charge in [0.25, 0.3) is 5.56 Å². The summed E-state index contributed by atoms with van der Waals surface area (Å²) in [6, 6.07) is 11.8. The van der Waals surface area contributed by atoms with Gasteiger partial charge in [-0.2, -0.15) is 5.10 Å². The Kier molecular flexibility index (Phi) is 3.02. The number of aromatic nitrogens is 4. The van der Waals surface area contributed by atoms with Crippen molar-refractivity contribution in [2.24, 2.45) is 0 Å². The van der Waals surface area contributed by atoms with Crippen LogP contribution in [0.15, 0.2) is 41.2 Å². The Labute approximate surface area is 116 Å². The third-order valence-corrected chi connectivity index (χ3v) is 3.28. The number of rotatable bonds is 3. The molecule has 0 aliphatic rings. The summed E-state index contributed by atoms with van der Waals surface area (Å²) in [5.74, 6) is 0. The summed E-state index contributed by atoms with van der Waals surface area (Å²) >= 11 is 0. The minimum Gasteiger partial charge on any atom is -0.299 e. The average Bonchev–Trinajstić information content (AvgIpc) is 2.96. The van der Waals surface area contributed by atoms with Gasteiger partial charge in [0.1, 0.15) is 0 Å². The molecule has 0 saturated heterocycles. The summed E-state index contributed by atoms with van der Waals surface area (Å²) in [4.78, 5) is 12.5. The maximum absolute atomic E-state index is 12.5. The van der Waals surface area contributed by atoms with E-state index in [2.05, 4.69) is 15.3 Å². The summed E-state index contributed by atoms with van der Waals surface area (Å²) < 4.78 is 1.62. The molecule has 2 N–H and O–H groups in total. The van der Waals surface area contributed by atoms with Gasteiger partial charge in [-0.3, -0.25) is 15.0 Å². The maximum Gasteiger partial charge on any atom is 0.276 e. The van der Waals surface area contributed by atoms with Crippen LogP contribution in [-0.2, 0) is 6.54 Å². The number of aromatic amines is 2. The van der Waals surface area contributed by atoms with E-state index in [1.54, 1.807) is 4.68 Å². The predicted molar refractivity (Wildman–Crippen MR) is 77.7 cm³/mol. The highest BCUT2D eigenvalue weighted by Gasteiger charge is 2.15. The first-order valence-electron chi connectivity index (χ1n) is 6.51. The van der Waals surface area contributed by atoms with Gasteiger partial charge >= 0.3 is 0 Å². The molecule has 0 saturated carbocycles. The molecular weight excluding hydrogens is 252 g/mol.